The Bertz CT molecular complexity index is 341. The van der Waals surface area contributed by atoms with E-state index in [1.165, 1.54) is 45.4 Å². The second-order valence-corrected chi connectivity index (χ2v) is 9.09. The summed E-state index contributed by atoms with van der Waals surface area (Å²) in [5.74, 6) is 4.17. The van der Waals surface area contributed by atoms with Gasteiger partial charge in [0.05, 0.1) is 13.2 Å². The summed E-state index contributed by atoms with van der Waals surface area (Å²) in [7, 11) is 0. The molecule has 4 unspecified atom stereocenters. The van der Waals surface area contributed by atoms with Gasteiger partial charge in [-0.15, -0.1) is 0 Å². The Morgan fingerprint density at radius 1 is 0.833 bits per heavy atom. The third-order valence-electron chi connectivity index (χ3n) is 6.61. The van der Waals surface area contributed by atoms with Crippen LogP contribution in [0, 0.1) is 29.6 Å². The molecule has 3 heteroatoms. The number of hydrogen-bond acceptors (Lipinski definition) is 3. The highest BCUT2D eigenvalue weighted by Crippen LogP contribution is 2.28. The van der Waals surface area contributed by atoms with Crippen LogP contribution >= 0.6 is 0 Å². The van der Waals surface area contributed by atoms with Gasteiger partial charge in [0.15, 0.2) is 0 Å². The van der Waals surface area contributed by atoms with Crippen molar-refractivity contribution >= 4 is 0 Å². The zero-order chi connectivity index (χ0) is 17.5. The van der Waals surface area contributed by atoms with E-state index in [2.05, 4.69) is 44.4 Å². The van der Waals surface area contributed by atoms with Crippen LogP contribution in [0.15, 0.2) is 0 Å². The Kier molecular flexibility index (Phi) is 8.53. The van der Waals surface area contributed by atoms with Gasteiger partial charge in [-0.3, -0.25) is 4.90 Å². The van der Waals surface area contributed by atoms with E-state index in [1.807, 2.05) is 0 Å². The van der Waals surface area contributed by atoms with Crippen LogP contribution in [0.5, 0.6) is 0 Å². The van der Waals surface area contributed by atoms with Crippen molar-refractivity contribution in [3.63, 3.8) is 0 Å². The Balaban J connectivity index is 1.72. The van der Waals surface area contributed by atoms with Crippen molar-refractivity contribution in [1.29, 1.82) is 0 Å². The molecule has 0 amide bonds. The quantitative estimate of drug-likeness (QED) is 0.666. The summed E-state index contributed by atoms with van der Waals surface area (Å²) in [5, 5.41) is 0. The predicted octanol–water partition coefficient (Wildman–Crippen LogP) is 3.99. The maximum atomic E-state index is 5.48. The summed E-state index contributed by atoms with van der Waals surface area (Å²) in [6.07, 6.45) is 4.26. The molecule has 0 aromatic carbocycles. The van der Waals surface area contributed by atoms with E-state index < -0.39 is 0 Å². The van der Waals surface area contributed by atoms with E-state index >= 15 is 0 Å². The van der Waals surface area contributed by atoms with E-state index in [4.69, 9.17) is 4.74 Å². The van der Waals surface area contributed by atoms with Crippen LogP contribution in [0.25, 0.3) is 0 Å². The van der Waals surface area contributed by atoms with Gasteiger partial charge in [-0.1, -0.05) is 34.6 Å². The normalized spacial score (nSPS) is 28.0. The molecule has 142 valence electrons. The maximum Gasteiger partial charge on any atom is 0.0594 e. The molecule has 0 saturated carbocycles. The van der Waals surface area contributed by atoms with E-state index in [0.29, 0.717) is 0 Å². The van der Waals surface area contributed by atoms with Crippen molar-refractivity contribution in [3.05, 3.63) is 0 Å². The number of likely N-dealkylation sites (tertiary alicyclic amines) is 1. The van der Waals surface area contributed by atoms with Gasteiger partial charge in [0, 0.05) is 32.7 Å². The standard InChI is InChI=1S/C21H42N2O/c1-17(2)19(4)14-23-8-6-7-21(16-23)13-18(3)20(5)15-22-9-11-24-12-10-22/h17-21H,6-16H2,1-5H3. The molecule has 0 aliphatic carbocycles. The van der Waals surface area contributed by atoms with Crippen LogP contribution in [-0.2, 0) is 4.74 Å². The fourth-order valence-electron chi connectivity index (χ4n) is 4.26. The first kappa shape index (κ1) is 20.2. The van der Waals surface area contributed by atoms with Gasteiger partial charge in [0.1, 0.15) is 0 Å². The molecule has 3 nitrogen and oxygen atoms in total. The SMILES string of the molecule is CC(C)C(C)CN1CCCC(CC(C)C(C)CN2CCOCC2)C1. The Morgan fingerprint density at radius 3 is 2.17 bits per heavy atom. The molecular formula is C21H42N2O. The summed E-state index contributed by atoms with van der Waals surface area (Å²) < 4.78 is 5.48. The van der Waals surface area contributed by atoms with Gasteiger partial charge < -0.3 is 9.64 Å². The fraction of sp³-hybridized carbons (Fsp3) is 1.00. The van der Waals surface area contributed by atoms with Crippen LogP contribution in [0.1, 0.15) is 53.9 Å². The lowest BCUT2D eigenvalue weighted by Gasteiger charge is -2.37. The topological polar surface area (TPSA) is 15.7 Å². The van der Waals surface area contributed by atoms with Crippen molar-refractivity contribution in [3.8, 4) is 0 Å². The van der Waals surface area contributed by atoms with E-state index in [0.717, 1.165) is 55.9 Å². The number of rotatable bonds is 8. The number of morpholine rings is 1. The first-order chi connectivity index (χ1) is 11.5. The molecule has 0 spiro atoms. The number of ether oxygens (including phenoxy) is 1. The minimum absolute atomic E-state index is 0.799. The van der Waals surface area contributed by atoms with Gasteiger partial charge in [0.2, 0.25) is 0 Å². The Labute approximate surface area is 151 Å². The maximum absolute atomic E-state index is 5.48. The minimum atomic E-state index is 0.799. The first-order valence-corrected chi connectivity index (χ1v) is 10.5. The Morgan fingerprint density at radius 2 is 1.50 bits per heavy atom. The molecule has 0 N–H and O–H groups in total. The van der Waals surface area contributed by atoms with Crippen molar-refractivity contribution in [2.45, 2.75) is 53.9 Å². The molecule has 4 atom stereocenters. The monoisotopic (exact) mass is 338 g/mol. The van der Waals surface area contributed by atoms with Gasteiger partial charge >= 0.3 is 0 Å². The highest BCUT2D eigenvalue weighted by molar-refractivity contribution is 4.79. The van der Waals surface area contributed by atoms with Crippen LogP contribution in [0.3, 0.4) is 0 Å². The molecule has 0 radical (unpaired) electrons. The van der Waals surface area contributed by atoms with Crippen molar-refractivity contribution in [1.82, 2.24) is 9.80 Å². The van der Waals surface area contributed by atoms with Gasteiger partial charge in [-0.2, -0.15) is 0 Å². The fourth-order valence-corrected chi connectivity index (χ4v) is 4.26. The zero-order valence-electron chi connectivity index (χ0n) is 17.0. The van der Waals surface area contributed by atoms with E-state index in [1.54, 1.807) is 0 Å². The lowest BCUT2D eigenvalue weighted by molar-refractivity contribution is 0.0261. The van der Waals surface area contributed by atoms with Crippen LogP contribution in [-0.4, -0.2) is 62.3 Å². The van der Waals surface area contributed by atoms with Gasteiger partial charge in [-0.05, 0) is 55.4 Å². The Hall–Kier alpha value is -0.120. The molecular weight excluding hydrogens is 296 g/mol. The van der Waals surface area contributed by atoms with Gasteiger partial charge in [0.25, 0.3) is 0 Å². The van der Waals surface area contributed by atoms with Crippen molar-refractivity contribution in [2.75, 3.05) is 52.5 Å². The largest absolute Gasteiger partial charge is 0.379 e. The third-order valence-corrected chi connectivity index (χ3v) is 6.61. The lowest BCUT2D eigenvalue weighted by Crippen LogP contribution is -2.41. The molecule has 0 aromatic rings. The molecule has 2 fully saturated rings. The summed E-state index contributed by atoms with van der Waals surface area (Å²) in [6, 6.07) is 0. The van der Waals surface area contributed by atoms with Crippen molar-refractivity contribution < 1.29 is 4.74 Å². The zero-order valence-corrected chi connectivity index (χ0v) is 17.0. The molecule has 0 bridgehead atoms. The first-order valence-electron chi connectivity index (χ1n) is 10.5. The predicted molar refractivity (Wildman–Crippen MR) is 103 cm³/mol. The lowest BCUT2D eigenvalue weighted by atomic mass is 9.82. The molecule has 2 aliphatic heterocycles. The molecule has 2 rings (SSSR count). The summed E-state index contributed by atoms with van der Waals surface area (Å²) >= 11 is 0. The number of nitrogens with zero attached hydrogens (tertiary/aromatic N) is 2. The van der Waals surface area contributed by atoms with E-state index in [-0.39, 0.29) is 0 Å². The molecule has 2 heterocycles. The highest BCUT2D eigenvalue weighted by Gasteiger charge is 2.26. The highest BCUT2D eigenvalue weighted by atomic mass is 16.5. The van der Waals surface area contributed by atoms with Crippen LogP contribution in [0.4, 0.5) is 0 Å². The van der Waals surface area contributed by atoms with Gasteiger partial charge in [-0.25, -0.2) is 0 Å². The molecule has 2 saturated heterocycles. The second kappa shape index (κ2) is 10.1. The van der Waals surface area contributed by atoms with Crippen molar-refractivity contribution in [2.24, 2.45) is 29.6 Å². The number of hydrogen-bond donors (Lipinski definition) is 0. The minimum Gasteiger partial charge on any atom is -0.379 e. The average Bonchev–Trinajstić information content (AvgIpc) is 2.56. The molecule has 2 aliphatic rings. The second-order valence-electron chi connectivity index (χ2n) is 9.09. The molecule has 24 heavy (non-hydrogen) atoms. The summed E-state index contributed by atoms with van der Waals surface area (Å²) in [6.45, 7) is 21.4. The summed E-state index contributed by atoms with van der Waals surface area (Å²) in [4.78, 5) is 5.35. The number of piperidine rings is 1. The van der Waals surface area contributed by atoms with Crippen LogP contribution < -0.4 is 0 Å². The molecule has 0 aromatic heterocycles. The van der Waals surface area contributed by atoms with E-state index in [9.17, 15) is 0 Å². The van der Waals surface area contributed by atoms with Crippen LogP contribution in [0.2, 0.25) is 0 Å². The summed E-state index contributed by atoms with van der Waals surface area (Å²) in [5.41, 5.74) is 0. The average molecular weight is 339 g/mol. The third kappa shape index (κ3) is 6.65. The smallest absolute Gasteiger partial charge is 0.0594 e.